The van der Waals surface area contributed by atoms with Crippen LogP contribution in [0.2, 0.25) is 0 Å². The average molecular weight is 349 g/mol. The maximum Gasteiger partial charge on any atom is 0.251 e. The summed E-state index contributed by atoms with van der Waals surface area (Å²) in [6.07, 6.45) is 0. The Bertz CT molecular complexity index is 772. The molecular formula is C21H23N3O2. The standard InChI is InChI=1S/C21H23N3O2/c1-16-2-6-18(7-3-16)20(15-24-10-12-26-13-11-24)23-21(25)19-8-4-17(14-22)5-9-19/h2-9,20H,10-13,15H2,1H3,(H,23,25)/t20-/m1/s1. The third-order valence-corrected chi connectivity index (χ3v) is 4.61. The number of hydrogen-bond acceptors (Lipinski definition) is 4. The summed E-state index contributed by atoms with van der Waals surface area (Å²) in [5.74, 6) is -0.131. The lowest BCUT2D eigenvalue weighted by Crippen LogP contribution is -2.43. The number of hydrogen-bond donors (Lipinski definition) is 1. The van der Waals surface area contributed by atoms with Gasteiger partial charge in [-0.25, -0.2) is 0 Å². The number of aryl methyl sites for hydroxylation is 1. The summed E-state index contributed by atoms with van der Waals surface area (Å²) < 4.78 is 5.42. The van der Waals surface area contributed by atoms with Crippen LogP contribution in [0.15, 0.2) is 48.5 Å². The molecule has 1 heterocycles. The Labute approximate surface area is 154 Å². The number of rotatable bonds is 5. The molecule has 1 fully saturated rings. The van der Waals surface area contributed by atoms with Crippen LogP contribution in [0.5, 0.6) is 0 Å². The summed E-state index contributed by atoms with van der Waals surface area (Å²) in [5.41, 5.74) is 3.38. The Morgan fingerprint density at radius 1 is 1.15 bits per heavy atom. The van der Waals surface area contributed by atoms with E-state index in [4.69, 9.17) is 10.00 Å². The molecule has 1 aliphatic heterocycles. The molecule has 5 heteroatoms. The number of benzene rings is 2. The highest BCUT2D eigenvalue weighted by Crippen LogP contribution is 2.17. The van der Waals surface area contributed by atoms with Crippen molar-refractivity contribution in [3.8, 4) is 6.07 Å². The first kappa shape index (κ1) is 18.1. The van der Waals surface area contributed by atoms with E-state index in [0.717, 1.165) is 38.4 Å². The fourth-order valence-corrected chi connectivity index (χ4v) is 3.01. The molecule has 3 rings (SSSR count). The molecule has 1 N–H and O–H groups in total. The molecule has 0 bridgehead atoms. The highest BCUT2D eigenvalue weighted by molar-refractivity contribution is 5.94. The number of carbonyl (C=O) groups is 1. The van der Waals surface area contributed by atoms with E-state index in [1.807, 2.05) is 0 Å². The monoisotopic (exact) mass is 349 g/mol. The maximum atomic E-state index is 12.7. The second-order valence-corrected chi connectivity index (χ2v) is 6.54. The molecule has 1 atom stereocenters. The lowest BCUT2D eigenvalue weighted by Gasteiger charge is -2.31. The fraction of sp³-hybridized carbons (Fsp3) is 0.333. The Morgan fingerprint density at radius 3 is 2.42 bits per heavy atom. The van der Waals surface area contributed by atoms with Gasteiger partial charge >= 0.3 is 0 Å². The summed E-state index contributed by atoms with van der Waals surface area (Å²) in [7, 11) is 0. The van der Waals surface area contributed by atoms with Crippen molar-refractivity contribution in [1.29, 1.82) is 5.26 Å². The highest BCUT2D eigenvalue weighted by Gasteiger charge is 2.20. The smallest absolute Gasteiger partial charge is 0.251 e. The van der Waals surface area contributed by atoms with E-state index >= 15 is 0 Å². The normalized spacial score (nSPS) is 15.8. The number of nitrogens with zero attached hydrogens (tertiary/aromatic N) is 2. The summed E-state index contributed by atoms with van der Waals surface area (Å²) in [6, 6.07) is 16.9. The van der Waals surface area contributed by atoms with E-state index in [0.29, 0.717) is 11.1 Å². The van der Waals surface area contributed by atoms with Gasteiger partial charge in [0.1, 0.15) is 0 Å². The largest absolute Gasteiger partial charge is 0.379 e. The number of carbonyl (C=O) groups excluding carboxylic acids is 1. The third kappa shape index (κ3) is 4.69. The second kappa shape index (κ2) is 8.61. The fourth-order valence-electron chi connectivity index (χ4n) is 3.01. The summed E-state index contributed by atoms with van der Waals surface area (Å²) >= 11 is 0. The predicted octanol–water partition coefficient (Wildman–Crippen LogP) is 2.67. The van der Waals surface area contributed by atoms with Gasteiger partial charge < -0.3 is 10.1 Å². The van der Waals surface area contributed by atoms with Gasteiger partial charge in [0, 0.05) is 25.2 Å². The minimum atomic E-state index is -0.131. The summed E-state index contributed by atoms with van der Waals surface area (Å²) in [5, 5.41) is 12.0. The number of ether oxygens (including phenoxy) is 1. The molecule has 2 aromatic carbocycles. The number of amides is 1. The van der Waals surface area contributed by atoms with Gasteiger partial charge in [-0.15, -0.1) is 0 Å². The van der Waals surface area contributed by atoms with E-state index in [9.17, 15) is 4.79 Å². The molecule has 134 valence electrons. The zero-order valence-corrected chi connectivity index (χ0v) is 14.9. The molecule has 0 spiro atoms. The first-order valence-electron chi connectivity index (χ1n) is 8.83. The SMILES string of the molecule is Cc1ccc([C@@H](CN2CCOCC2)NC(=O)c2ccc(C#N)cc2)cc1. The molecule has 26 heavy (non-hydrogen) atoms. The molecular weight excluding hydrogens is 326 g/mol. The van der Waals surface area contributed by atoms with Gasteiger partial charge in [0.05, 0.1) is 30.9 Å². The predicted molar refractivity (Wildman–Crippen MR) is 99.8 cm³/mol. The minimum Gasteiger partial charge on any atom is -0.379 e. The Hall–Kier alpha value is -2.68. The third-order valence-electron chi connectivity index (χ3n) is 4.61. The molecule has 1 saturated heterocycles. The minimum absolute atomic E-state index is 0.100. The lowest BCUT2D eigenvalue weighted by molar-refractivity contribution is 0.0332. The topological polar surface area (TPSA) is 65.4 Å². The first-order chi connectivity index (χ1) is 12.7. The Balaban J connectivity index is 1.76. The van der Waals surface area contributed by atoms with Crippen molar-refractivity contribution in [2.24, 2.45) is 0 Å². The summed E-state index contributed by atoms with van der Waals surface area (Å²) in [4.78, 5) is 15.0. The van der Waals surface area contributed by atoms with Crippen molar-refractivity contribution >= 4 is 5.91 Å². The zero-order valence-electron chi connectivity index (χ0n) is 14.9. The van der Waals surface area contributed by atoms with Crippen LogP contribution in [0.25, 0.3) is 0 Å². The van der Waals surface area contributed by atoms with Crippen LogP contribution in [0, 0.1) is 18.3 Å². The average Bonchev–Trinajstić information content (AvgIpc) is 2.69. The number of morpholine rings is 1. The van der Waals surface area contributed by atoms with Gasteiger partial charge in [0.2, 0.25) is 0 Å². The molecule has 0 aliphatic carbocycles. The number of nitrogens with one attached hydrogen (secondary N) is 1. The van der Waals surface area contributed by atoms with Gasteiger partial charge in [-0.1, -0.05) is 29.8 Å². The zero-order chi connectivity index (χ0) is 18.4. The quantitative estimate of drug-likeness (QED) is 0.901. The van der Waals surface area contributed by atoms with Gasteiger partial charge in [0.25, 0.3) is 5.91 Å². The van der Waals surface area contributed by atoms with Crippen LogP contribution in [0.3, 0.4) is 0 Å². The molecule has 0 saturated carbocycles. The van der Waals surface area contributed by atoms with E-state index in [1.54, 1.807) is 24.3 Å². The van der Waals surface area contributed by atoms with Gasteiger partial charge in [0.15, 0.2) is 0 Å². The Kier molecular flexibility index (Phi) is 6.00. The molecule has 2 aromatic rings. The Morgan fingerprint density at radius 2 is 1.81 bits per heavy atom. The van der Waals surface area contributed by atoms with Crippen LogP contribution in [-0.4, -0.2) is 43.7 Å². The molecule has 1 aliphatic rings. The van der Waals surface area contributed by atoms with E-state index in [2.05, 4.69) is 47.5 Å². The first-order valence-corrected chi connectivity index (χ1v) is 8.83. The number of nitriles is 1. The van der Waals surface area contributed by atoms with Crippen molar-refractivity contribution < 1.29 is 9.53 Å². The van der Waals surface area contributed by atoms with Gasteiger partial charge in [-0.3, -0.25) is 9.69 Å². The van der Waals surface area contributed by atoms with Crippen LogP contribution in [0.1, 0.15) is 33.1 Å². The van der Waals surface area contributed by atoms with Gasteiger partial charge in [-0.05, 0) is 36.8 Å². The van der Waals surface area contributed by atoms with Crippen LogP contribution in [-0.2, 0) is 4.74 Å². The van der Waals surface area contributed by atoms with Crippen LogP contribution >= 0.6 is 0 Å². The van der Waals surface area contributed by atoms with Gasteiger partial charge in [-0.2, -0.15) is 5.26 Å². The van der Waals surface area contributed by atoms with Crippen molar-refractivity contribution in [3.05, 3.63) is 70.8 Å². The van der Waals surface area contributed by atoms with E-state index < -0.39 is 0 Å². The van der Waals surface area contributed by atoms with Crippen LogP contribution < -0.4 is 5.32 Å². The van der Waals surface area contributed by atoms with E-state index in [1.165, 1.54) is 5.56 Å². The maximum absolute atomic E-state index is 12.7. The highest BCUT2D eigenvalue weighted by atomic mass is 16.5. The summed E-state index contributed by atoms with van der Waals surface area (Å²) in [6.45, 7) is 5.99. The van der Waals surface area contributed by atoms with Crippen molar-refractivity contribution in [2.45, 2.75) is 13.0 Å². The lowest BCUT2D eigenvalue weighted by atomic mass is 10.0. The molecule has 0 radical (unpaired) electrons. The van der Waals surface area contributed by atoms with Crippen LogP contribution in [0.4, 0.5) is 0 Å². The molecule has 0 unspecified atom stereocenters. The second-order valence-electron chi connectivity index (χ2n) is 6.54. The molecule has 1 amide bonds. The molecule has 5 nitrogen and oxygen atoms in total. The van der Waals surface area contributed by atoms with Crippen molar-refractivity contribution in [3.63, 3.8) is 0 Å². The van der Waals surface area contributed by atoms with Crippen molar-refractivity contribution in [1.82, 2.24) is 10.2 Å². The van der Waals surface area contributed by atoms with Crippen molar-refractivity contribution in [2.75, 3.05) is 32.8 Å². The van der Waals surface area contributed by atoms with E-state index in [-0.39, 0.29) is 11.9 Å². The molecule has 0 aromatic heterocycles.